The van der Waals surface area contributed by atoms with Gasteiger partial charge in [-0.2, -0.15) is 0 Å². The zero-order valence-corrected chi connectivity index (χ0v) is 13.1. The maximum absolute atomic E-state index is 10.4. The van der Waals surface area contributed by atoms with E-state index in [1.54, 1.807) is 0 Å². The third kappa shape index (κ3) is 4.89. The Hall–Kier alpha value is -0.910. The van der Waals surface area contributed by atoms with Crippen molar-refractivity contribution in [2.24, 2.45) is 4.58 Å². The van der Waals surface area contributed by atoms with Gasteiger partial charge in [0.15, 0.2) is 0 Å². The lowest BCUT2D eigenvalue weighted by Crippen LogP contribution is -2.49. The second-order valence-corrected chi connectivity index (χ2v) is 7.40. The Kier molecular flexibility index (Phi) is 5.57. The fourth-order valence-electron chi connectivity index (χ4n) is 2.62. The van der Waals surface area contributed by atoms with E-state index in [1.165, 1.54) is 5.56 Å². The van der Waals surface area contributed by atoms with Crippen LogP contribution in [0, 0.1) is 4.91 Å². The minimum Gasteiger partial charge on any atom is -0.299 e. The van der Waals surface area contributed by atoms with Crippen LogP contribution in [0.4, 0.5) is 0 Å². The van der Waals surface area contributed by atoms with Crippen LogP contribution in [0.15, 0.2) is 34.9 Å². The molecule has 110 valence electrons. The molecule has 1 aliphatic heterocycles. The van der Waals surface area contributed by atoms with Crippen molar-refractivity contribution in [2.45, 2.75) is 25.1 Å². The van der Waals surface area contributed by atoms with Gasteiger partial charge in [0.1, 0.15) is 0 Å². The predicted molar refractivity (Wildman–Crippen MR) is 85.6 cm³/mol. The summed E-state index contributed by atoms with van der Waals surface area (Å²) in [5.41, 5.74) is 1.38. The second-order valence-electron chi connectivity index (χ2n) is 5.96. The van der Waals surface area contributed by atoms with Gasteiger partial charge in [0.25, 0.3) is 0 Å². The van der Waals surface area contributed by atoms with E-state index < -0.39 is 0 Å². The molecule has 0 saturated carbocycles. The van der Waals surface area contributed by atoms with Crippen molar-refractivity contribution in [2.75, 3.05) is 32.7 Å². The molecular formula is C15H23N3OS. The van der Waals surface area contributed by atoms with E-state index in [0.717, 1.165) is 51.2 Å². The van der Waals surface area contributed by atoms with Gasteiger partial charge in [-0.25, -0.2) is 0 Å². The zero-order valence-electron chi connectivity index (χ0n) is 12.3. The Bertz CT molecular complexity index is 416. The molecule has 5 heteroatoms. The van der Waals surface area contributed by atoms with Gasteiger partial charge in [0, 0.05) is 60.5 Å². The molecule has 1 aliphatic rings. The van der Waals surface area contributed by atoms with Crippen LogP contribution in [-0.2, 0) is 6.54 Å². The van der Waals surface area contributed by atoms with Gasteiger partial charge < -0.3 is 0 Å². The fraction of sp³-hybridized carbons (Fsp3) is 0.600. The number of nitroso groups, excluding NO2 is 1. The van der Waals surface area contributed by atoms with Crippen molar-refractivity contribution >= 4 is 11.9 Å². The Morgan fingerprint density at radius 2 is 1.70 bits per heavy atom. The highest BCUT2D eigenvalue weighted by Crippen LogP contribution is 2.26. The summed E-state index contributed by atoms with van der Waals surface area (Å²) >= 11 is 1.14. The highest BCUT2D eigenvalue weighted by atomic mass is 32.2. The van der Waals surface area contributed by atoms with E-state index in [9.17, 15) is 4.91 Å². The van der Waals surface area contributed by atoms with Crippen molar-refractivity contribution in [3.63, 3.8) is 0 Å². The topological polar surface area (TPSA) is 35.9 Å². The summed E-state index contributed by atoms with van der Waals surface area (Å²) in [5, 5.41) is 0. The van der Waals surface area contributed by atoms with Crippen LogP contribution in [0.2, 0.25) is 0 Å². The summed E-state index contributed by atoms with van der Waals surface area (Å²) in [5.74, 6) is 0. The molecule has 4 nitrogen and oxygen atoms in total. The smallest absolute Gasteiger partial charge is 0.0483 e. The lowest BCUT2D eigenvalue weighted by Gasteiger charge is -2.37. The monoisotopic (exact) mass is 293 g/mol. The molecular weight excluding hydrogens is 270 g/mol. The van der Waals surface area contributed by atoms with Gasteiger partial charge in [0.2, 0.25) is 0 Å². The molecule has 0 radical (unpaired) electrons. The zero-order chi connectivity index (χ0) is 14.4. The molecule has 0 aliphatic carbocycles. The summed E-state index contributed by atoms with van der Waals surface area (Å²) in [6.45, 7) is 10.4. The van der Waals surface area contributed by atoms with Crippen molar-refractivity contribution < 1.29 is 0 Å². The molecule has 0 amide bonds. The van der Waals surface area contributed by atoms with Crippen LogP contribution in [0.1, 0.15) is 19.4 Å². The molecule has 0 atom stereocenters. The normalized spacial score (nSPS) is 18.1. The Balaban J connectivity index is 1.76. The summed E-state index contributed by atoms with van der Waals surface area (Å²) in [6.07, 6.45) is 0. The largest absolute Gasteiger partial charge is 0.299 e. The Morgan fingerprint density at radius 1 is 1.10 bits per heavy atom. The molecule has 2 rings (SSSR count). The molecule has 0 aromatic heterocycles. The van der Waals surface area contributed by atoms with Crippen molar-refractivity contribution in [3.05, 3.63) is 40.8 Å². The molecule has 0 spiro atoms. The molecule has 0 unspecified atom stereocenters. The summed E-state index contributed by atoms with van der Waals surface area (Å²) in [7, 11) is 0. The van der Waals surface area contributed by atoms with Gasteiger partial charge in [-0.15, -0.1) is 4.91 Å². The Morgan fingerprint density at radius 3 is 2.30 bits per heavy atom. The first-order valence-corrected chi connectivity index (χ1v) is 7.86. The SMILES string of the molecule is CC(C)(CN1CCN(Cc2ccccc2)CC1)SN=O. The lowest BCUT2D eigenvalue weighted by atomic mass is 10.1. The van der Waals surface area contributed by atoms with E-state index in [0.29, 0.717) is 0 Å². The molecule has 20 heavy (non-hydrogen) atoms. The first-order chi connectivity index (χ1) is 9.59. The van der Waals surface area contributed by atoms with Crippen LogP contribution >= 0.6 is 11.9 Å². The minimum atomic E-state index is -0.0939. The lowest BCUT2D eigenvalue weighted by molar-refractivity contribution is 0.121. The standard InChI is InChI=1S/C15H23N3OS/c1-15(2,20-16-19)13-18-10-8-17(9-11-18)12-14-6-4-3-5-7-14/h3-7H,8-13H2,1-2H3. The van der Waals surface area contributed by atoms with E-state index in [2.05, 4.69) is 58.6 Å². The third-order valence-corrected chi connectivity index (χ3v) is 4.30. The van der Waals surface area contributed by atoms with Crippen molar-refractivity contribution in [1.82, 2.24) is 9.80 Å². The van der Waals surface area contributed by atoms with Crippen molar-refractivity contribution in [3.8, 4) is 0 Å². The summed E-state index contributed by atoms with van der Waals surface area (Å²) in [4.78, 5) is 15.3. The molecule has 1 saturated heterocycles. The van der Waals surface area contributed by atoms with Crippen LogP contribution < -0.4 is 0 Å². The van der Waals surface area contributed by atoms with Crippen molar-refractivity contribution in [1.29, 1.82) is 0 Å². The molecule has 1 heterocycles. The maximum atomic E-state index is 10.4. The second kappa shape index (κ2) is 7.20. The molecule has 0 N–H and O–H groups in total. The maximum Gasteiger partial charge on any atom is 0.0483 e. The molecule has 1 aromatic rings. The molecule has 1 fully saturated rings. The highest BCUT2D eigenvalue weighted by molar-refractivity contribution is 7.99. The summed E-state index contributed by atoms with van der Waals surface area (Å²) in [6, 6.07) is 10.6. The van der Waals surface area contributed by atoms with Gasteiger partial charge in [-0.3, -0.25) is 9.80 Å². The molecule has 1 aromatic carbocycles. The average molecular weight is 293 g/mol. The van der Waals surface area contributed by atoms with E-state index in [-0.39, 0.29) is 4.75 Å². The van der Waals surface area contributed by atoms with Crippen LogP contribution in [-0.4, -0.2) is 47.3 Å². The number of hydrogen-bond donors (Lipinski definition) is 0. The minimum absolute atomic E-state index is 0.0939. The van der Waals surface area contributed by atoms with E-state index in [4.69, 9.17) is 0 Å². The number of benzene rings is 1. The fourth-order valence-corrected chi connectivity index (χ4v) is 3.06. The summed E-state index contributed by atoms with van der Waals surface area (Å²) < 4.78 is 2.88. The highest BCUT2D eigenvalue weighted by Gasteiger charge is 2.26. The van der Waals surface area contributed by atoms with E-state index >= 15 is 0 Å². The number of piperazine rings is 1. The van der Waals surface area contributed by atoms with Gasteiger partial charge >= 0.3 is 0 Å². The predicted octanol–water partition coefficient (Wildman–Crippen LogP) is 3.00. The quantitative estimate of drug-likeness (QED) is 0.597. The van der Waals surface area contributed by atoms with Gasteiger partial charge in [-0.05, 0) is 19.4 Å². The number of nitrogens with zero attached hydrogens (tertiary/aromatic N) is 3. The molecule has 0 bridgehead atoms. The Labute approximate surface area is 125 Å². The van der Waals surface area contributed by atoms with Crippen LogP contribution in [0.25, 0.3) is 0 Å². The first kappa shape index (κ1) is 15.5. The van der Waals surface area contributed by atoms with E-state index in [1.807, 2.05) is 0 Å². The first-order valence-electron chi connectivity index (χ1n) is 7.08. The number of rotatable bonds is 6. The number of hydrogen-bond acceptors (Lipinski definition) is 5. The van der Waals surface area contributed by atoms with Gasteiger partial charge in [0.05, 0.1) is 0 Å². The van der Waals surface area contributed by atoms with Crippen LogP contribution in [0.5, 0.6) is 0 Å². The van der Waals surface area contributed by atoms with Crippen LogP contribution in [0.3, 0.4) is 0 Å². The third-order valence-electron chi connectivity index (χ3n) is 3.60. The van der Waals surface area contributed by atoms with Gasteiger partial charge in [-0.1, -0.05) is 30.3 Å². The average Bonchev–Trinajstić information content (AvgIpc) is 2.42.